The van der Waals surface area contributed by atoms with Crippen LogP contribution in [0.3, 0.4) is 0 Å². The van der Waals surface area contributed by atoms with Crippen molar-refractivity contribution in [2.75, 3.05) is 31.1 Å². The number of benzene rings is 1. The van der Waals surface area contributed by atoms with E-state index in [2.05, 4.69) is 0 Å². The average Bonchev–Trinajstić information content (AvgIpc) is 2.70. The van der Waals surface area contributed by atoms with E-state index in [1.807, 2.05) is 18.7 Å². The van der Waals surface area contributed by atoms with Crippen LogP contribution in [0.15, 0.2) is 12.1 Å². The van der Waals surface area contributed by atoms with Crippen LogP contribution >= 0.6 is 0 Å². The molecule has 1 heterocycles. The number of Topliss-reactive ketones (excluding diaryl/α,β-unsaturated/α-hetero) is 1. The van der Waals surface area contributed by atoms with Gasteiger partial charge in [-0.05, 0) is 25.2 Å². The predicted molar refractivity (Wildman–Crippen MR) is 70.8 cm³/mol. The maximum Gasteiger partial charge on any atom is 0.299 e. The molecule has 0 radical (unpaired) electrons. The fourth-order valence-corrected chi connectivity index (χ4v) is 2.35. The summed E-state index contributed by atoms with van der Waals surface area (Å²) >= 11 is 0. The lowest BCUT2D eigenvalue weighted by Gasteiger charge is -2.23. The van der Waals surface area contributed by atoms with Gasteiger partial charge in [0.2, 0.25) is 0 Å². The number of amides is 1. The predicted octanol–water partition coefficient (Wildman–Crippen LogP) is 1.84. The third-order valence-electron chi connectivity index (χ3n) is 3.55. The van der Waals surface area contributed by atoms with Crippen molar-refractivity contribution in [2.45, 2.75) is 13.8 Å². The highest BCUT2D eigenvalue weighted by atomic mass is 19.1. The molecule has 1 aromatic carbocycles. The van der Waals surface area contributed by atoms with Gasteiger partial charge >= 0.3 is 0 Å². The van der Waals surface area contributed by atoms with Gasteiger partial charge in [-0.2, -0.15) is 0 Å². The second kappa shape index (κ2) is 5.66. The second-order valence-corrected chi connectivity index (χ2v) is 4.57. The molecule has 4 nitrogen and oxygen atoms in total. The highest BCUT2D eigenvalue weighted by Gasteiger charge is 2.40. The highest BCUT2D eigenvalue weighted by molar-refractivity contribution is 6.52. The van der Waals surface area contributed by atoms with E-state index in [9.17, 15) is 18.4 Å². The summed E-state index contributed by atoms with van der Waals surface area (Å²) in [5, 5.41) is 0. The van der Waals surface area contributed by atoms with Gasteiger partial charge in [0.05, 0.1) is 11.3 Å². The van der Waals surface area contributed by atoms with E-state index >= 15 is 0 Å². The summed E-state index contributed by atoms with van der Waals surface area (Å²) in [6.45, 7) is 6.17. The maximum atomic E-state index is 13.8. The molecule has 108 valence electrons. The largest absolute Gasteiger partial charge is 0.302 e. The first-order valence-electron chi connectivity index (χ1n) is 6.57. The van der Waals surface area contributed by atoms with Gasteiger partial charge in [-0.25, -0.2) is 8.78 Å². The Labute approximate surface area is 116 Å². The molecule has 0 aromatic heterocycles. The minimum atomic E-state index is -0.975. The zero-order chi connectivity index (χ0) is 14.9. The van der Waals surface area contributed by atoms with E-state index in [-0.39, 0.29) is 12.2 Å². The molecule has 0 bridgehead atoms. The molecule has 0 saturated carbocycles. The van der Waals surface area contributed by atoms with Crippen molar-refractivity contribution in [3.05, 3.63) is 29.3 Å². The number of carbonyl (C=O) groups excluding carboxylic acids is 2. The SMILES string of the molecule is CCN(CC)CCN1C(=O)C(=O)c2c(F)ccc(F)c21. The van der Waals surface area contributed by atoms with E-state index in [1.165, 1.54) is 0 Å². The smallest absolute Gasteiger partial charge is 0.299 e. The van der Waals surface area contributed by atoms with Gasteiger partial charge in [0, 0.05) is 13.1 Å². The van der Waals surface area contributed by atoms with Crippen molar-refractivity contribution in [1.82, 2.24) is 4.90 Å². The third kappa shape index (κ3) is 2.31. The summed E-state index contributed by atoms with van der Waals surface area (Å²) in [4.78, 5) is 26.7. The molecule has 1 aliphatic rings. The molecular formula is C14H16F2N2O2. The average molecular weight is 282 g/mol. The summed E-state index contributed by atoms with van der Waals surface area (Å²) in [7, 11) is 0. The molecule has 0 unspecified atom stereocenters. The molecule has 0 atom stereocenters. The molecule has 0 fully saturated rings. The number of likely N-dealkylation sites (N-methyl/N-ethyl adjacent to an activating group) is 1. The van der Waals surface area contributed by atoms with E-state index in [1.54, 1.807) is 0 Å². The van der Waals surface area contributed by atoms with Gasteiger partial charge < -0.3 is 9.80 Å². The number of rotatable bonds is 5. The van der Waals surface area contributed by atoms with Crippen LogP contribution in [0.4, 0.5) is 14.5 Å². The standard InChI is InChI=1S/C14H16F2N2O2/c1-3-17(4-2)7-8-18-12-10(16)6-5-9(15)11(12)13(19)14(18)20/h5-6H,3-4,7-8H2,1-2H3. The number of hydrogen-bond donors (Lipinski definition) is 0. The van der Waals surface area contributed by atoms with Crippen molar-refractivity contribution in [1.29, 1.82) is 0 Å². The van der Waals surface area contributed by atoms with Gasteiger partial charge in [0.1, 0.15) is 11.6 Å². The van der Waals surface area contributed by atoms with Crippen LogP contribution in [0, 0.1) is 11.6 Å². The van der Waals surface area contributed by atoms with Gasteiger partial charge in [-0.1, -0.05) is 13.8 Å². The van der Waals surface area contributed by atoms with Crippen molar-refractivity contribution in [2.24, 2.45) is 0 Å². The molecule has 20 heavy (non-hydrogen) atoms. The lowest BCUT2D eigenvalue weighted by Crippen LogP contribution is -2.38. The van der Waals surface area contributed by atoms with E-state index in [0.717, 1.165) is 30.1 Å². The van der Waals surface area contributed by atoms with Crippen LogP contribution in [-0.4, -0.2) is 42.8 Å². The lowest BCUT2D eigenvalue weighted by atomic mass is 10.1. The Kier molecular flexibility index (Phi) is 4.13. The number of halogens is 2. The number of nitrogens with zero attached hydrogens (tertiary/aromatic N) is 2. The van der Waals surface area contributed by atoms with Crippen LogP contribution in [0.1, 0.15) is 24.2 Å². The Morgan fingerprint density at radius 2 is 1.70 bits per heavy atom. The van der Waals surface area contributed by atoms with Gasteiger partial charge in [0.15, 0.2) is 0 Å². The van der Waals surface area contributed by atoms with Crippen molar-refractivity contribution in [3.8, 4) is 0 Å². The highest BCUT2D eigenvalue weighted by Crippen LogP contribution is 2.33. The summed E-state index contributed by atoms with van der Waals surface area (Å²) in [5.74, 6) is -3.45. The van der Waals surface area contributed by atoms with Crippen LogP contribution in [0.2, 0.25) is 0 Å². The third-order valence-corrected chi connectivity index (χ3v) is 3.55. The lowest BCUT2D eigenvalue weighted by molar-refractivity contribution is -0.114. The molecule has 1 aromatic rings. The molecular weight excluding hydrogens is 266 g/mol. The normalized spacial score (nSPS) is 14.3. The summed E-state index contributed by atoms with van der Waals surface area (Å²) in [5.41, 5.74) is -0.679. The number of carbonyl (C=O) groups is 2. The molecule has 6 heteroatoms. The first-order valence-corrected chi connectivity index (χ1v) is 6.57. The van der Waals surface area contributed by atoms with Crippen LogP contribution < -0.4 is 4.90 Å². The van der Waals surface area contributed by atoms with Crippen molar-refractivity contribution in [3.63, 3.8) is 0 Å². The van der Waals surface area contributed by atoms with Crippen LogP contribution in [0.5, 0.6) is 0 Å². The first-order chi connectivity index (χ1) is 9.51. The Bertz CT molecular complexity index is 556. The zero-order valence-electron chi connectivity index (χ0n) is 11.4. The summed E-state index contributed by atoms with van der Waals surface area (Å²) in [6, 6.07) is 1.80. The Balaban J connectivity index is 2.31. The minimum Gasteiger partial charge on any atom is -0.302 e. The number of hydrogen-bond acceptors (Lipinski definition) is 3. The molecule has 0 saturated heterocycles. The molecule has 1 aliphatic heterocycles. The molecule has 0 N–H and O–H groups in total. The Morgan fingerprint density at radius 3 is 2.30 bits per heavy atom. The maximum absolute atomic E-state index is 13.8. The minimum absolute atomic E-state index is 0.166. The number of fused-ring (bicyclic) bond motifs is 1. The summed E-state index contributed by atoms with van der Waals surface area (Å²) in [6.07, 6.45) is 0. The van der Waals surface area contributed by atoms with Crippen LogP contribution in [0.25, 0.3) is 0 Å². The topological polar surface area (TPSA) is 40.6 Å². The van der Waals surface area contributed by atoms with E-state index in [4.69, 9.17) is 0 Å². The van der Waals surface area contributed by atoms with E-state index in [0.29, 0.717) is 6.54 Å². The quantitative estimate of drug-likeness (QED) is 0.774. The first kappa shape index (κ1) is 14.6. The van der Waals surface area contributed by atoms with Crippen molar-refractivity contribution >= 4 is 17.4 Å². The molecule has 0 spiro atoms. The molecule has 0 aliphatic carbocycles. The fraction of sp³-hybridized carbons (Fsp3) is 0.429. The van der Waals surface area contributed by atoms with Crippen molar-refractivity contribution < 1.29 is 18.4 Å². The fourth-order valence-electron chi connectivity index (χ4n) is 2.35. The summed E-state index contributed by atoms with van der Waals surface area (Å²) < 4.78 is 27.5. The second-order valence-electron chi connectivity index (χ2n) is 4.57. The Hall–Kier alpha value is -1.82. The van der Waals surface area contributed by atoms with Gasteiger partial charge in [-0.15, -0.1) is 0 Å². The molecule has 2 rings (SSSR count). The van der Waals surface area contributed by atoms with Gasteiger partial charge in [0.25, 0.3) is 11.7 Å². The number of ketones is 1. The monoisotopic (exact) mass is 282 g/mol. The van der Waals surface area contributed by atoms with E-state index < -0.39 is 28.9 Å². The molecule has 1 amide bonds. The van der Waals surface area contributed by atoms with Crippen LogP contribution in [-0.2, 0) is 4.79 Å². The Morgan fingerprint density at radius 1 is 1.10 bits per heavy atom. The zero-order valence-corrected chi connectivity index (χ0v) is 11.4. The van der Waals surface area contributed by atoms with Gasteiger partial charge in [-0.3, -0.25) is 9.59 Å². The number of anilines is 1.